The highest BCUT2D eigenvalue weighted by atomic mass is 16.3. The fourth-order valence-corrected chi connectivity index (χ4v) is 8.42. The van der Waals surface area contributed by atoms with Crippen LogP contribution in [0, 0.1) is 11.3 Å². The van der Waals surface area contributed by atoms with Crippen LogP contribution < -0.4 is 0 Å². The second kappa shape index (κ2) is 16.0. The van der Waals surface area contributed by atoms with Crippen molar-refractivity contribution in [2.75, 3.05) is 0 Å². The van der Waals surface area contributed by atoms with Crippen LogP contribution >= 0.6 is 0 Å². The number of furan rings is 1. The van der Waals surface area contributed by atoms with E-state index in [2.05, 4.69) is 146 Å². The number of nitriles is 1. The number of rotatable bonds is 8. The summed E-state index contributed by atoms with van der Waals surface area (Å²) in [5.41, 5.74) is 15.6. The normalized spacial score (nSPS) is 11.2. The molecule has 0 amide bonds. The van der Waals surface area contributed by atoms with E-state index >= 15 is 0 Å². The summed E-state index contributed by atoms with van der Waals surface area (Å²) in [6, 6.07) is 77.0. The smallest absolute Gasteiger partial charge is 0.164 e. The lowest BCUT2D eigenvalue weighted by atomic mass is 9.96. The summed E-state index contributed by atoms with van der Waals surface area (Å²) < 4.78 is 6.58. The average Bonchev–Trinajstić information content (AvgIpc) is 3.75. The first kappa shape index (κ1) is 37.3. The maximum atomic E-state index is 9.90. The number of nitrogens with zero attached hydrogens (tertiary/aromatic N) is 4. The van der Waals surface area contributed by atoms with Gasteiger partial charge in [0.15, 0.2) is 17.5 Å². The SMILES string of the molecule is N#Cc1ccccc1-c1cccc(-c2nc(-c3ccc(-c4cccc(-c5ccccc5)c4)cc3)nc(-c3ccc4c(c3)oc3cccc(-c5ccc(-c6ccccc6)cc5)c34)n2)c1. The minimum absolute atomic E-state index is 0.525. The lowest BCUT2D eigenvalue weighted by Gasteiger charge is -2.11. The van der Waals surface area contributed by atoms with Gasteiger partial charge in [-0.3, -0.25) is 0 Å². The van der Waals surface area contributed by atoms with Crippen LogP contribution in [0.15, 0.2) is 223 Å². The minimum atomic E-state index is 0.525. The number of fused-ring (bicyclic) bond motifs is 3. The molecule has 0 atom stereocenters. The molecule has 0 spiro atoms. The van der Waals surface area contributed by atoms with Gasteiger partial charge in [-0.2, -0.15) is 5.26 Å². The molecule has 0 aliphatic rings. The quantitative estimate of drug-likeness (QED) is 0.153. The van der Waals surface area contributed by atoms with Crippen molar-refractivity contribution < 1.29 is 4.42 Å². The molecule has 11 aromatic rings. The van der Waals surface area contributed by atoms with Crippen molar-refractivity contribution in [1.82, 2.24) is 15.0 Å². The van der Waals surface area contributed by atoms with E-state index in [1.165, 1.54) is 22.3 Å². The summed E-state index contributed by atoms with van der Waals surface area (Å²) >= 11 is 0. The highest BCUT2D eigenvalue weighted by Gasteiger charge is 2.18. The Bertz CT molecular complexity index is 3500. The van der Waals surface area contributed by atoms with Crippen LogP contribution in [0.25, 0.3) is 112 Å². The topological polar surface area (TPSA) is 75.6 Å². The largest absolute Gasteiger partial charge is 0.456 e. The van der Waals surface area contributed by atoms with E-state index in [1.807, 2.05) is 78.9 Å². The zero-order valence-corrected chi connectivity index (χ0v) is 34.0. The summed E-state index contributed by atoms with van der Waals surface area (Å²) in [4.78, 5) is 15.3. The summed E-state index contributed by atoms with van der Waals surface area (Å²) in [7, 11) is 0. The number of hydrogen-bond donors (Lipinski definition) is 0. The van der Waals surface area contributed by atoms with Crippen molar-refractivity contribution in [1.29, 1.82) is 5.26 Å². The fraction of sp³-hybridized carbons (Fsp3) is 0. The van der Waals surface area contributed by atoms with Crippen LogP contribution in [0.1, 0.15) is 5.56 Å². The van der Waals surface area contributed by atoms with Gasteiger partial charge in [0.05, 0.1) is 11.6 Å². The summed E-state index contributed by atoms with van der Waals surface area (Å²) in [5, 5.41) is 12.0. The van der Waals surface area contributed by atoms with Gasteiger partial charge in [-0.25, -0.2) is 15.0 Å². The van der Waals surface area contributed by atoms with Crippen molar-refractivity contribution in [3.8, 4) is 95.9 Å². The van der Waals surface area contributed by atoms with Crippen LogP contribution in [0.4, 0.5) is 0 Å². The van der Waals surface area contributed by atoms with E-state index in [4.69, 9.17) is 19.4 Å². The first-order valence-corrected chi connectivity index (χ1v) is 20.9. The highest BCUT2D eigenvalue weighted by molar-refractivity contribution is 6.13. The van der Waals surface area contributed by atoms with E-state index in [1.54, 1.807) is 0 Å². The second-order valence-corrected chi connectivity index (χ2v) is 15.5. The third kappa shape index (κ3) is 7.22. The standard InChI is InChI=1S/C58H36N4O/c59-37-49-16-7-8-21-50(49)46-19-10-20-47(35-46)57-60-56(43-30-26-41(27-31-43)45-18-9-17-44(34-45)39-14-5-2-6-15-39)61-58(62-57)48-32-33-52-54(36-48)63-53-23-11-22-51(55(52)53)42-28-24-40(25-29-42)38-12-3-1-4-13-38/h1-36H. The zero-order valence-electron chi connectivity index (χ0n) is 34.0. The number of aromatic nitrogens is 3. The number of hydrogen-bond acceptors (Lipinski definition) is 5. The molecule has 0 unspecified atom stereocenters. The predicted octanol–water partition coefficient (Wildman–Crippen LogP) is 15.0. The van der Waals surface area contributed by atoms with Crippen molar-refractivity contribution in [2.45, 2.75) is 0 Å². The van der Waals surface area contributed by atoms with Crippen molar-refractivity contribution in [2.24, 2.45) is 0 Å². The van der Waals surface area contributed by atoms with Gasteiger partial charge in [-0.05, 0) is 92.0 Å². The Hall–Kier alpha value is -8.72. The first-order chi connectivity index (χ1) is 31.1. The third-order valence-electron chi connectivity index (χ3n) is 11.6. The van der Waals surface area contributed by atoms with Gasteiger partial charge in [-0.15, -0.1) is 0 Å². The molecule has 0 N–H and O–H groups in total. The van der Waals surface area contributed by atoms with E-state index in [9.17, 15) is 5.26 Å². The minimum Gasteiger partial charge on any atom is -0.456 e. The van der Waals surface area contributed by atoms with E-state index < -0.39 is 0 Å². The molecule has 2 heterocycles. The Morgan fingerprint density at radius 2 is 0.762 bits per heavy atom. The molecule has 5 heteroatoms. The average molecular weight is 805 g/mol. The van der Waals surface area contributed by atoms with Crippen LogP contribution in [0.5, 0.6) is 0 Å². The first-order valence-electron chi connectivity index (χ1n) is 20.9. The van der Waals surface area contributed by atoms with Crippen molar-refractivity contribution in [3.05, 3.63) is 224 Å². The van der Waals surface area contributed by atoms with Gasteiger partial charge in [0, 0.05) is 27.5 Å². The van der Waals surface area contributed by atoms with Crippen LogP contribution in [-0.2, 0) is 0 Å². The molecule has 0 aliphatic carbocycles. The molecule has 11 rings (SSSR count). The Morgan fingerprint density at radius 3 is 1.44 bits per heavy atom. The maximum absolute atomic E-state index is 9.90. The third-order valence-corrected chi connectivity index (χ3v) is 11.6. The molecular formula is C58H36N4O. The van der Waals surface area contributed by atoms with Crippen LogP contribution in [-0.4, -0.2) is 15.0 Å². The molecule has 294 valence electrons. The Balaban J connectivity index is 1.00. The van der Waals surface area contributed by atoms with Crippen LogP contribution in [0.3, 0.4) is 0 Å². The predicted molar refractivity (Wildman–Crippen MR) is 255 cm³/mol. The molecule has 0 bridgehead atoms. The summed E-state index contributed by atoms with van der Waals surface area (Å²) in [6.45, 7) is 0. The molecule has 5 nitrogen and oxygen atoms in total. The van der Waals surface area contributed by atoms with Gasteiger partial charge >= 0.3 is 0 Å². The number of benzene rings is 9. The molecule has 2 aromatic heterocycles. The molecule has 0 saturated carbocycles. The zero-order chi connectivity index (χ0) is 42.1. The fourth-order valence-electron chi connectivity index (χ4n) is 8.42. The monoisotopic (exact) mass is 804 g/mol. The van der Waals surface area contributed by atoms with E-state index in [0.29, 0.717) is 23.0 Å². The van der Waals surface area contributed by atoms with E-state index in [-0.39, 0.29) is 0 Å². The van der Waals surface area contributed by atoms with Gasteiger partial charge in [0.25, 0.3) is 0 Å². The van der Waals surface area contributed by atoms with Crippen molar-refractivity contribution >= 4 is 21.9 Å². The highest BCUT2D eigenvalue weighted by Crippen LogP contribution is 2.39. The molecule has 0 aliphatic heterocycles. The molecule has 0 saturated heterocycles. The molecule has 63 heavy (non-hydrogen) atoms. The molecule has 0 fully saturated rings. The Labute approximate surface area is 364 Å². The summed E-state index contributed by atoms with van der Waals surface area (Å²) in [6.07, 6.45) is 0. The summed E-state index contributed by atoms with van der Waals surface area (Å²) in [5.74, 6) is 1.60. The lowest BCUT2D eigenvalue weighted by Crippen LogP contribution is -2.00. The van der Waals surface area contributed by atoms with E-state index in [0.717, 1.165) is 72.0 Å². The Kier molecular flexibility index (Phi) is 9.50. The second-order valence-electron chi connectivity index (χ2n) is 15.5. The van der Waals surface area contributed by atoms with Gasteiger partial charge in [0.2, 0.25) is 0 Å². The van der Waals surface area contributed by atoms with Gasteiger partial charge in [-0.1, -0.05) is 182 Å². The van der Waals surface area contributed by atoms with Crippen molar-refractivity contribution in [3.63, 3.8) is 0 Å². The van der Waals surface area contributed by atoms with Gasteiger partial charge in [0.1, 0.15) is 11.2 Å². The van der Waals surface area contributed by atoms with Gasteiger partial charge < -0.3 is 4.42 Å². The molecule has 0 radical (unpaired) electrons. The Morgan fingerprint density at radius 1 is 0.317 bits per heavy atom. The lowest BCUT2D eigenvalue weighted by molar-refractivity contribution is 0.669. The molecule has 9 aromatic carbocycles. The van der Waals surface area contributed by atoms with Crippen LogP contribution in [0.2, 0.25) is 0 Å². The molecular weight excluding hydrogens is 769 g/mol. The maximum Gasteiger partial charge on any atom is 0.164 e.